The predicted octanol–water partition coefficient (Wildman–Crippen LogP) is 4.03. The standard InChI is InChI=1S/C21H19N3O3S/c1-14-2-4-16(5-3-14)22-17-6-8-18(9-7-17)24-28(26,27)19-10-11-20-15(12-19)13-21(25)23-20/h2-12,22,24H,13H2,1H3,(H,23,25). The molecule has 1 aliphatic rings. The third-order valence-corrected chi connectivity index (χ3v) is 5.87. The lowest BCUT2D eigenvalue weighted by Gasteiger charge is -2.11. The summed E-state index contributed by atoms with van der Waals surface area (Å²) in [5.41, 5.74) is 4.81. The molecule has 7 heteroatoms. The van der Waals surface area contributed by atoms with E-state index in [1.807, 2.05) is 43.3 Å². The van der Waals surface area contributed by atoms with Crippen LogP contribution in [0.2, 0.25) is 0 Å². The maximum atomic E-state index is 12.7. The average molecular weight is 393 g/mol. The zero-order valence-corrected chi connectivity index (χ0v) is 16.0. The summed E-state index contributed by atoms with van der Waals surface area (Å²) in [7, 11) is -3.74. The number of nitrogens with one attached hydrogen (secondary N) is 3. The Labute approximate surface area is 163 Å². The number of amides is 1. The first kappa shape index (κ1) is 18.1. The summed E-state index contributed by atoms with van der Waals surface area (Å²) >= 11 is 0. The fraction of sp³-hybridized carbons (Fsp3) is 0.0952. The minimum Gasteiger partial charge on any atom is -0.356 e. The van der Waals surface area contributed by atoms with E-state index in [1.165, 1.54) is 17.7 Å². The molecule has 0 aliphatic carbocycles. The molecule has 1 heterocycles. The van der Waals surface area contributed by atoms with Crippen LogP contribution in [-0.2, 0) is 21.2 Å². The molecular formula is C21H19N3O3S. The molecule has 3 aromatic carbocycles. The van der Waals surface area contributed by atoms with Gasteiger partial charge in [-0.05, 0) is 67.1 Å². The molecule has 3 aromatic rings. The summed E-state index contributed by atoms with van der Waals surface area (Å²) in [6, 6.07) is 19.7. The van der Waals surface area contributed by atoms with E-state index in [0.717, 1.165) is 11.4 Å². The van der Waals surface area contributed by atoms with E-state index in [4.69, 9.17) is 0 Å². The van der Waals surface area contributed by atoms with Crippen molar-refractivity contribution >= 4 is 38.7 Å². The van der Waals surface area contributed by atoms with Crippen molar-refractivity contribution in [2.45, 2.75) is 18.2 Å². The smallest absolute Gasteiger partial charge is 0.261 e. The molecular weight excluding hydrogens is 374 g/mol. The monoisotopic (exact) mass is 393 g/mol. The van der Waals surface area contributed by atoms with Gasteiger partial charge in [-0.15, -0.1) is 0 Å². The van der Waals surface area contributed by atoms with Crippen LogP contribution in [0.25, 0.3) is 0 Å². The fourth-order valence-corrected chi connectivity index (χ4v) is 4.12. The van der Waals surface area contributed by atoms with Crippen LogP contribution >= 0.6 is 0 Å². The lowest BCUT2D eigenvalue weighted by molar-refractivity contribution is -0.115. The molecule has 4 rings (SSSR count). The van der Waals surface area contributed by atoms with Crippen LogP contribution in [0.3, 0.4) is 0 Å². The number of anilines is 4. The van der Waals surface area contributed by atoms with Gasteiger partial charge in [-0.2, -0.15) is 0 Å². The van der Waals surface area contributed by atoms with Gasteiger partial charge in [0, 0.05) is 22.7 Å². The van der Waals surface area contributed by atoms with Gasteiger partial charge in [0.1, 0.15) is 0 Å². The van der Waals surface area contributed by atoms with Crippen molar-refractivity contribution in [2.75, 3.05) is 15.4 Å². The van der Waals surface area contributed by atoms with Crippen molar-refractivity contribution in [2.24, 2.45) is 0 Å². The number of carbonyl (C=O) groups excluding carboxylic acids is 1. The summed E-state index contributed by atoms with van der Waals surface area (Å²) in [6.07, 6.45) is 0.193. The molecule has 1 amide bonds. The highest BCUT2D eigenvalue weighted by atomic mass is 32.2. The highest BCUT2D eigenvalue weighted by Crippen LogP contribution is 2.27. The molecule has 1 aliphatic heterocycles. The Morgan fingerprint density at radius 3 is 2.14 bits per heavy atom. The fourth-order valence-electron chi connectivity index (χ4n) is 3.01. The second kappa shape index (κ2) is 7.01. The molecule has 6 nitrogen and oxygen atoms in total. The van der Waals surface area contributed by atoms with Gasteiger partial charge < -0.3 is 10.6 Å². The molecule has 0 radical (unpaired) electrons. The number of hydrogen-bond donors (Lipinski definition) is 3. The SMILES string of the molecule is Cc1ccc(Nc2ccc(NS(=O)(=O)c3ccc4c(c3)CC(=O)N4)cc2)cc1. The summed E-state index contributed by atoms with van der Waals surface area (Å²) in [5, 5.41) is 5.96. The maximum absolute atomic E-state index is 12.7. The van der Waals surface area contributed by atoms with Crippen molar-refractivity contribution in [3.05, 3.63) is 77.9 Å². The minimum absolute atomic E-state index is 0.129. The number of fused-ring (bicyclic) bond motifs is 1. The van der Waals surface area contributed by atoms with Gasteiger partial charge >= 0.3 is 0 Å². The zero-order valence-electron chi connectivity index (χ0n) is 15.2. The minimum atomic E-state index is -3.74. The summed E-state index contributed by atoms with van der Waals surface area (Å²) in [6.45, 7) is 2.03. The highest BCUT2D eigenvalue weighted by molar-refractivity contribution is 7.92. The molecule has 142 valence electrons. The first-order valence-electron chi connectivity index (χ1n) is 8.78. The molecule has 0 saturated carbocycles. The van der Waals surface area contributed by atoms with E-state index < -0.39 is 10.0 Å². The summed E-state index contributed by atoms with van der Waals surface area (Å²) < 4.78 is 27.9. The number of benzene rings is 3. The molecule has 0 aromatic heterocycles. The Bertz CT molecular complexity index is 1140. The van der Waals surface area contributed by atoms with Gasteiger partial charge in [0.25, 0.3) is 10.0 Å². The third-order valence-electron chi connectivity index (χ3n) is 4.49. The maximum Gasteiger partial charge on any atom is 0.261 e. The Hall–Kier alpha value is -3.32. The summed E-state index contributed by atoms with van der Waals surface area (Å²) in [4.78, 5) is 11.6. The molecule has 28 heavy (non-hydrogen) atoms. The zero-order chi connectivity index (χ0) is 19.7. The molecule has 3 N–H and O–H groups in total. The quantitative estimate of drug-likeness (QED) is 0.611. The van der Waals surface area contributed by atoms with Crippen LogP contribution in [0.15, 0.2) is 71.6 Å². The van der Waals surface area contributed by atoms with Crippen molar-refractivity contribution < 1.29 is 13.2 Å². The molecule has 0 saturated heterocycles. The Morgan fingerprint density at radius 2 is 1.46 bits per heavy atom. The normalized spacial score (nSPS) is 13.0. The number of carbonyl (C=O) groups is 1. The van der Waals surface area contributed by atoms with Gasteiger partial charge in [-0.1, -0.05) is 17.7 Å². The van der Waals surface area contributed by atoms with E-state index in [-0.39, 0.29) is 17.2 Å². The van der Waals surface area contributed by atoms with Crippen LogP contribution < -0.4 is 15.4 Å². The largest absolute Gasteiger partial charge is 0.356 e. The van der Waals surface area contributed by atoms with Crippen molar-refractivity contribution in [3.8, 4) is 0 Å². The Balaban J connectivity index is 1.48. The third kappa shape index (κ3) is 3.84. The number of rotatable bonds is 5. The van der Waals surface area contributed by atoms with E-state index >= 15 is 0 Å². The topological polar surface area (TPSA) is 87.3 Å². The predicted molar refractivity (Wildman–Crippen MR) is 110 cm³/mol. The highest BCUT2D eigenvalue weighted by Gasteiger charge is 2.21. The number of sulfonamides is 1. The van der Waals surface area contributed by atoms with Crippen molar-refractivity contribution in [1.82, 2.24) is 0 Å². The van der Waals surface area contributed by atoms with E-state index in [9.17, 15) is 13.2 Å². The molecule has 0 atom stereocenters. The molecule has 0 fully saturated rings. The lowest BCUT2D eigenvalue weighted by atomic mass is 10.2. The summed E-state index contributed by atoms with van der Waals surface area (Å²) in [5.74, 6) is -0.130. The average Bonchev–Trinajstić information content (AvgIpc) is 3.04. The molecule has 0 bridgehead atoms. The van der Waals surface area contributed by atoms with Crippen LogP contribution in [0, 0.1) is 6.92 Å². The first-order valence-corrected chi connectivity index (χ1v) is 10.3. The van der Waals surface area contributed by atoms with E-state index in [2.05, 4.69) is 15.4 Å². The lowest BCUT2D eigenvalue weighted by Crippen LogP contribution is -2.13. The second-order valence-corrected chi connectivity index (χ2v) is 8.40. The van der Waals surface area contributed by atoms with Crippen LogP contribution in [0.1, 0.15) is 11.1 Å². The van der Waals surface area contributed by atoms with Gasteiger partial charge in [0.2, 0.25) is 5.91 Å². The number of hydrogen-bond acceptors (Lipinski definition) is 4. The van der Waals surface area contributed by atoms with Crippen LogP contribution in [0.5, 0.6) is 0 Å². The second-order valence-electron chi connectivity index (χ2n) is 6.72. The van der Waals surface area contributed by atoms with Crippen molar-refractivity contribution in [3.63, 3.8) is 0 Å². The van der Waals surface area contributed by atoms with Crippen LogP contribution in [-0.4, -0.2) is 14.3 Å². The van der Waals surface area contributed by atoms with E-state index in [1.54, 1.807) is 18.2 Å². The van der Waals surface area contributed by atoms with E-state index in [0.29, 0.717) is 16.9 Å². The van der Waals surface area contributed by atoms with Gasteiger partial charge in [0.05, 0.1) is 11.3 Å². The molecule has 0 spiro atoms. The van der Waals surface area contributed by atoms with Gasteiger partial charge in [-0.25, -0.2) is 8.42 Å². The Morgan fingerprint density at radius 1 is 0.857 bits per heavy atom. The molecule has 0 unspecified atom stereocenters. The number of aryl methyl sites for hydroxylation is 1. The van der Waals surface area contributed by atoms with Crippen molar-refractivity contribution in [1.29, 1.82) is 0 Å². The Kier molecular flexibility index (Phi) is 4.52. The first-order chi connectivity index (χ1) is 13.4. The van der Waals surface area contributed by atoms with Gasteiger partial charge in [-0.3, -0.25) is 9.52 Å². The van der Waals surface area contributed by atoms with Gasteiger partial charge in [0.15, 0.2) is 0 Å². The van der Waals surface area contributed by atoms with Crippen LogP contribution in [0.4, 0.5) is 22.7 Å².